The van der Waals surface area contributed by atoms with Crippen LogP contribution in [0.2, 0.25) is 0 Å². The van der Waals surface area contributed by atoms with Gasteiger partial charge in [-0.25, -0.2) is 9.78 Å². The summed E-state index contributed by atoms with van der Waals surface area (Å²) in [5.41, 5.74) is 2.64. The van der Waals surface area contributed by atoms with E-state index in [2.05, 4.69) is 9.97 Å². The van der Waals surface area contributed by atoms with Crippen LogP contribution in [-0.4, -0.2) is 36.3 Å². The van der Waals surface area contributed by atoms with E-state index in [-0.39, 0.29) is 18.4 Å². The van der Waals surface area contributed by atoms with Crippen LogP contribution in [-0.2, 0) is 16.1 Å². The maximum absolute atomic E-state index is 12.6. The third-order valence-electron chi connectivity index (χ3n) is 4.81. The summed E-state index contributed by atoms with van der Waals surface area (Å²) in [5, 5.41) is 1.77. The van der Waals surface area contributed by atoms with Crippen LogP contribution >= 0.6 is 0 Å². The number of nitrogens with one attached hydrogen (secondary N) is 1. The molecule has 0 amide bonds. The van der Waals surface area contributed by atoms with Gasteiger partial charge >= 0.3 is 5.97 Å². The van der Waals surface area contributed by atoms with E-state index in [1.54, 1.807) is 34.3 Å². The molecule has 2 aromatic heterocycles. The number of rotatable bonds is 7. The molecule has 2 heterocycles. The van der Waals surface area contributed by atoms with Gasteiger partial charge in [-0.15, -0.1) is 0 Å². The molecular weight excluding hydrogens is 396 g/mol. The maximum atomic E-state index is 12.6. The Morgan fingerprint density at radius 3 is 2.55 bits per heavy atom. The molecule has 0 radical (unpaired) electrons. The highest BCUT2D eigenvalue weighted by molar-refractivity contribution is 6.11. The molecule has 0 saturated carbocycles. The van der Waals surface area contributed by atoms with E-state index < -0.39 is 5.97 Å². The molecule has 2 aromatic carbocycles. The Morgan fingerprint density at radius 2 is 1.81 bits per heavy atom. The summed E-state index contributed by atoms with van der Waals surface area (Å²) < 4.78 is 22.1. The fraction of sp³-hybridized carbons (Fsp3) is 0.250. The van der Waals surface area contributed by atoms with Crippen molar-refractivity contribution in [1.29, 1.82) is 0 Å². The van der Waals surface area contributed by atoms with Crippen molar-refractivity contribution >= 4 is 27.8 Å². The maximum Gasteiger partial charge on any atom is 0.357 e. The number of hydrogen-bond acceptors (Lipinski definition) is 6. The molecule has 4 rings (SSSR count). The second-order valence-corrected chi connectivity index (χ2v) is 7.37. The lowest BCUT2D eigenvalue weighted by molar-refractivity contribution is 0.0366. The molecule has 160 valence electrons. The highest BCUT2D eigenvalue weighted by Gasteiger charge is 2.21. The minimum atomic E-state index is -0.470. The first-order valence-electron chi connectivity index (χ1n) is 9.95. The first-order chi connectivity index (χ1) is 15.0. The summed E-state index contributed by atoms with van der Waals surface area (Å²) in [4.78, 5) is 20.3. The largest absolute Gasteiger partial charge is 0.497 e. The lowest BCUT2D eigenvalue weighted by Crippen LogP contribution is -2.15. The molecule has 0 bridgehead atoms. The van der Waals surface area contributed by atoms with Gasteiger partial charge in [0.15, 0.2) is 5.69 Å². The minimum Gasteiger partial charge on any atom is -0.497 e. The van der Waals surface area contributed by atoms with Crippen molar-refractivity contribution in [2.75, 3.05) is 14.2 Å². The van der Waals surface area contributed by atoms with Gasteiger partial charge in [0, 0.05) is 35.0 Å². The smallest absolute Gasteiger partial charge is 0.357 e. The van der Waals surface area contributed by atoms with Crippen molar-refractivity contribution in [3.63, 3.8) is 0 Å². The van der Waals surface area contributed by atoms with Crippen molar-refractivity contribution in [2.24, 2.45) is 0 Å². The van der Waals surface area contributed by atoms with Gasteiger partial charge in [-0.05, 0) is 44.2 Å². The summed E-state index contributed by atoms with van der Waals surface area (Å²) in [5.74, 6) is 1.57. The normalized spacial score (nSPS) is 11.3. The number of pyridine rings is 1. The third-order valence-corrected chi connectivity index (χ3v) is 4.81. The average molecular weight is 420 g/mol. The number of esters is 1. The Hall–Kier alpha value is -3.58. The van der Waals surface area contributed by atoms with E-state index in [9.17, 15) is 4.79 Å². The van der Waals surface area contributed by atoms with Crippen LogP contribution in [0.4, 0.5) is 0 Å². The summed E-state index contributed by atoms with van der Waals surface area (Å²) in [6.07, 6.45) is 1.40. The predicted octanol–water partition coefficient (Wildman–Crippen LogP) is 5.23. The predicted molar refractivity (Wildman–Crippen MR) is 118 cm³/mol. The Balaban J connectivity index is 1.83. The first-order valence-corrected chi connectivity index (χ1v) is 9.95. The number of fused-ring (bicyclic) bond motifs is 3. The molecule has 0 fully saturated rings. The molecule has 0 aliphatic carbocycles. The molecule has 1 N–H and O–H groups in total. The quantitative estimate of drug-likeness (QED) is 0.412. The van der Waals surface area contributed by atoms with Gasteiger partial charge in [-0.3, -0.25) is 0 Å². The zero-order valence-corrected chi connectivity index (χ0v) is 17.9. The second-order valence-electron chi connectivity index (χ2n) is 7.37. The number of aromatic nitrogens is 2. The fourth-order valence-corrected chi connectivity index (χ4v) is 3.53. The number of aromatic amines is 1. The number of carbonyl (C=O) groups excluding carboxylic acids is 1. The lowest BCUT2D eigenvalue weighted by Gasteiger charge is -2.12. The number of carbonyl (C=O) groups is 1. The van der Waals surface area contributed by atoms with Gasteiger partial charge in [-0.2, -0.15) is 0 Å². The SMILES string of the molecule is COCc1c(C(=O)OC(C)C)ncc2[nH]c3ccc(Oc4cccc(OC)c4)cc3c12. The van der Waals surface area contributed by atoms with Gasteiger partial charge in [0.1, 0.15) is 17.2 Å². The van der Waals surface area contributed by atoms with Crippen LogP contribution in [0.25, 0.3) is 21.8 Å². The van der Waals surface area contributed by atoms with Crippen LogP contribution in [0, 0.1) is 0 Å². The summed E-state index contributed by atoms with van der Waals surface area (Å²) in [7, 11) is 3.20. The molecule has 31 heavy (non-hydrogen) atoms. The molecule has 0 aliphatic heterocycles. The van der Waals surface area contributed by atoms with Crippen LogP contribution in [0.1, 0.15) is 29.9 Å². The standard InChI is InChI=1S/C24H24N2O5/c1-14(2)30-24(27)23-19(13-28-3)22-18-11-17(8-9-20(18)26-21(22)12-25-23)31-16-7-5-6-15(10-16)29-4/h5-12,14,26H,13H2,1-4H3. The van der Waals surface area contributed by atoms with E-state index in [4.69, 9.17) is 18.9 Å². The highest BCUT2D eigenvalue weighted by Crippen LogP contribution is 2.34. The lowest BCUT2D eigenvalue weighted by atomic mass is 10.1. The molecule has 0 saturated heterocycles. The number of hydrogen-bond donors (Lipinski definition) is 1. The van der Waals surface area contributed by atoms with Crippen LogP contribution in [0.15, 0.2) is 48.7 Å². The highest BCUT2D eigenvalue weighted by atomic mass is 16.5. The van der Waals surface area contributed by atoms with Gasteiger partial charge in [0.05, 0.1) is 31.5 Å². The number of methoxy groups -OCH3 is 2. The van der Waals surface area contributed by atoms with Crippen molar-refractivity contribution in [1.82, 2.24) is 9.97 Å². The summed E-state index contributed by atoms with van der Waals surface area (Å²) in [6.45, 7) is 3.83. The monoisotopic (exact) mass is 420 g/mol. The van der Waals surface area contributed by atoms with Crippen molar-refractivity contribution in [3.05, 3.63) is 59.9 Å². The number of ether oxygens (including phenoxy) is 4. The Kier molecular flexibility index (Phi) is 5.77. The number of nitrogens with zero attached hydrogens (tertiary/aromatic N) is 1. The van der Waals surface area contributed by atoms with E-state index in [0.717, 1.165) is 21.8 Å². The average Bonchev–Trinajstić information content (AvgIpc) is 3.12. The van der Waals surface area contributed by atoms with Crippen LogP contribution in [0.5, 0.6) is 17.2 Å². The Morgan fingerprint density at radius 1 is 1.03 bits per heavy atom. The Bertz CT molecular complexity index is 1250. The van der Waals surface area contributed by atoms with Gasteiger partial charge in [-0.1, -0.05) is 6.07 Å². The molecular formula is C24H24N2O5. The Labute approximate surface area is 179 Å². The molecule has 0 spiro atoms. The van der Waals surface area contributed by atoms with E-state index in [1.165, 1.54) is 0 Å². The van der Waals surface area contributed by atoms with Gasteiger partial charge in [0.2, 0.25) is 0 Å². The topological polar surface area (TPSA) is 82.7 Å². The molecule has 7 nitrogen and oxygen atoms in total. The van der Waals surface area contributed by atoms with Crippen molar-refractivity contribution in [3.8, 4) is 17.2 Å². The van der Waals surface area contributed by atoms with Gasteiger partial charge in [0.25, 0.3) is 0 Å². The minimum absolute atomic E-state index is 0.223. The zero-order valence-electron chi connectivity index (χ0n) is 17.9. The fourth-order valence-electron chi connectivity index (χ4n) is 3.53. The summed E-state index contributed by atoms with van der Waals surface area (Å²) >= 11 is 0. The van der Waals surface area contributed by atoms with Gasteiger partial charge < -0.3 is 23.9 Å². The molecule has 7 heteroatoms. The first kappa shape index (κ1) is 20.7. The van der Waals surface area contributed by atoms with Crippen LogP contribution in [0.3, 0.4) is 0 Å². The summed E-state index contributed by atoms with van der Waals surface area (Å²) in [6, 6.07) is 13.2. The molecule has 0 unspecified atom stereocenters. The van der Waals surface area contributed by atoms with Crippen LogP contribution < -0.4 is 9.47 Å². The van der Waals surface area contributed by atoms with E-state index >= 15 is 0 Å². The number of benzene rings is 2. The van der Waals surface area contributed by atoms with Crippen molar-refractivity contribution in [2.45, 2.75) is 26.6 Å². The zero-order chi connectivity index (χ0) is 22.0. The van der Waals surface area contributed by atoms with Crippen molar-refractivity contribution < 1.29 is 23.7 Å². The number of H-pyrrole nitrogens is 1. The molecule has 4 aromatic rings. The third kappa shape index (κ3) is 4.18. The molecule has 0 aliphatic rings. The van der Waals surface area contributed by atoms with E-state index in [0.29, 0.717) is 22.8 Å². The van der Waals surface area contributed by atoms with E-state index in [1.807, 2.05) is 42.5 Å². The molecule has 0 atom stereocenters. The second kappa shape index (κ2) is 8.65.